The molecule has 5 rings (SSSR count). The van der Waals surface area contributed by atoms with E-state index in [4.69, 9.17) is 10.5 Å². The van der Waals surface area contributed by atoms with Gasteiger partial charge in [-0.15, -0.1) is 4.40 Å². The minimum absolute atomic E-state index is 0.00959. The zero-order chi connectivity index (χ0) is 24.4. The summed E-state index contributed by atoms with van der Waals surface area (Å²) in [6.45, 7) is 1.66. The average Bonchev–Trinajstić information content (AvgIpc) is 2.87. The highest BCUT2D eigenvalue weighted by Gasteiger charge is 2.27. The molecule has 0 aliphatic carbocycles. The van der Waals surface area contributed by atoms with Crippen molar-refractivity contribution in [2.24, 2.45) is 16.0 Å². The highest BCUT2D eigenvalue weighted by molar-refractivity contribution is 7.91. The number of hydrogen-bond acceptors (Lipinski definition) is 5. The van der Waals surface area contributed by atoms with E-state index in [1.807, 2.05) is 59.5 Å². The van der Waals surface area contributed by atoms with Gasteiger partial charge in [-0.2, -0.15) is 8.42 Å². The second kappa shape index (κ2) is 9.42. The fourth-order valence-corrected chi connectivity index (χ4v) is 5.42. The van der Waals surface area contributed by atoms with E-state index in [0.29, 0.717) is 42.3 Å². The van der Waals surface area contributed by atoms with Gasteiger partial charge in [0.05, 0.1) is 17.9 Å². The second-order valence-electron chi connectivity index (χ2n) is 8.75. The van der Waals surface area contributed by atoms with Crippen molar-refractivity contribution in [3.05, 3.63) is 83.9 Å². The molecule has 180 valence electrons. The lowest BCUT2D eigenvalue weighted by Crippen LogP contribution is -2.41. The van der Waals surface area contributed by atoms with Crippen LogP contribution in [0, 0.1) is 5.92 Å². The molecule has 2 heterocycles. The van der Waals surface area contributed by atoms with Crippen molar-refractivity contribution >= 4 is 27.6 Å². The van der Waals surface area contributed by atoms with Crippen molar-refractivity contribution < 1.29 is 17.9 Å². The van der Waals surface area contributed by atoms with Crippen molar-refractivity contribution in [3.63, 3.8) is 0 Å². The van der Waals surface area contributed by atoms with Crippen LogP contribution in [0.5, 0.6) is 5.75 Å². The number of carbonyl (C=O) groups excluding carboxylic acids is 1. The zero-order valence-electron chi connectivity index (χ0n) is 19.1. The third-order valence-electron chi connectivity index (χ3n) is 6.24. The topological polar surface area (TPSA) is 114 Å². The van der Waals surface area contributed by atoms with Crippen molar-refractivity contribution in [1.29, 1.82) is 0 Å². The van der Waals surface area contributed by atoms with Crippen LogP contribution in [-0.4, -0.2) is 44.8 Å². The van der Waals surface area contributed by atoms with Gasteiger partial charge in [0.2, 0.25) is 0 Å². The van der Waals surface area contributed by atoms with E-state index in [2.05, 4.69) is 9.12 Å². The van der Waals surface area contributed by atoms with E-state index in [9.17, 15) is 13.2 Å². The first kappa shape index (κ1) is 22.9. The summed E-state index contributed by atoms with van der Waals surface area (Å²) in [6, 6.07) is 22.8. The minimum Gasteiger partial charge on any atom is -0.492 e. The van der Waals surface area contributed by atoms with Crippen molar-refractivity contribution in [1.82, 2.24) is 4.90 Å². The van der Waals surface area contributed by atoms with Crippen molar-refractivity contribution in [2.45, 2.75) is 12.8 Å². The number of fused-ring (bicyclic) bond motifs is 1. The van der Waals surface area contributed by atoms with E-state index in [1.54, 1.807) is 18.2 Å². The first-order chi connectivity index (χ1) is 16.9. The number of nitrogens with one attached hydrogen (secondary N) is 1. The lowest BCUT2D eigenvalue weighted by Gasteiger charge is -2.33. The van der Waals surface area contributed by atoms with Gasteiger partial charge in [0.15, 0.2) is 5.84 Å². The molecule has 8 nitrogen and oxygen atoms in total. The molecule has 0 bridgehead atoms. The summed E-state index contributed by atoms with van der Waals surface area (Å²) in [5, 5.41) is 0. The van der Waals surface area contributed by atoms with Crippen LogP contribution in [0.3, 0.4) is 0 Å². The lowest BCUT2D eigenvalue weighted by molar-refractivity contribution is 0.0633. The van der Waals surface area contributed by atoms with Crippen LogP contribution in [-0.2, 0) is 10.2 Å². The first-order valence-electron chi connectivity index (χ1n) is 11.5. The predicted molar refractivity (Wildman–Crippen MR) is 136 cm³/mol. The molecule has 0 aromatic heterocycles. The summed E-state index contributed by atoms with van der Waals surface area (Å²) in [7, 11) is -3.85. The maximum absolute atomic E-state index is 13.3. The van der Waals surface area contributed by atoms with Gasteiger partial charge >= 0.3 is 10.2 Å². The minimum atomic E-state index is -3.85. The number of carbonyl (C=O) groups is 1. The number of likely N-dealkylation sites (tertiary alicyclic amines) is 1. The predicted octanol–water partition coefficient (Wildman–Crippen LogP) is 3.66. The maximum atomic E-state index is 13.3. The fourth-order valence-electron chi connectivity index (χ4n) is 4.58. The zero-order valence-corrected chi connectivity index (χ0v) is 19.9. The standard InChI is InChI=1S/C26H26N4O4S/c27-25-24-22(28-35(32,33)29-25)12-5-13-23(24)34-17-18-7-6-14-30(16-18)26(31)21-11-4-10-20(15-21)19-8-2-1-3-9-19/h1-5,8-13,15,18,28H,6-7,14,16-17H2,(H2,27,29)/t18-/m0/s1. The Hall–Kier alpha value is -3.85. The Morgan fingerprint density at radius 1 is 1.06 bits per heavy atom. The summed E-state index contributed by atoms with van der Waals surface area (Å²) >= 11 is 0. The number of ether oxygens (including phenoxy) is 1. The number of nitrogens with two attached hydrogens (primary N) is 1. The molecule has 0 spiro atoms. The summed E-state index contributed by atoms with van der Waals surface area (Å²) in [5.41, 5.74) is 9.44. The Morgan fingerprint density at radius 2 is 1.83 bits per heavy atom. The van der Waals surface area contributed by atoms with Gasteiger partial charge in [0.1, 0.15) is 5.75 Å². The highest BCUT2D eigenvalue weighted by Crippen LogP contribution is 2.31. The van der Waals surface area contributed by atoms with Gasteiger partial charge in [-0.05, 0) is 48.2 Å². The Balaban J connectivity index is 1.27. The number of rotatable bonds is 5. The lowest BCUT2D eigenvalue weighted by atomic mass is 9.97. The molecule has 3 N–H and O–H groups in total. The summed E-state index contributed by atoms with van der Waals surface area (Å²) in [5.74, 6) is 0.507. The Labute approximate surface area is 204 Å². The van der Waals surface area contributed by atoms with Crippen LogP contribution in [0.1, 0.15) is 28.8 Å². The van der Waals surface area contributed by atoms with Crippen LogP contribution < -0.4 is 15.2 Å². The third-order valence-corrected chi connectivity index (χ3v) is 7.15. The molecule has 2 aliphatic heterocycles. The molecule has 0 unspecified atom stereocenters. The molecule has 1 atom stereocenters. The maximum Gasteiger partial charge on any atom is 0.344 e. The molecule has 3 aromatic rings. The number of amidine groups is 1. The summed E-state index contributed by atoms with van der Waals surface area (Å²) in [4.78, 5) is 15.2. The molecule has 35 heavy (non-hydrogen) atoms. The molecule has 0 radical (unpaired) electrons. The average molecular weight is 491 g/mol. The molecule has 1 fully saturated rings. The van der Waals surface area contributed by atoms with Gasteiger partial charge in [0, 0.05) is 24.6 Å². The van der Waals surface area contributed by atoms with Crippen LogP contribution in [0.4, 0.5) is 5.69 Å². The molecule has 3 aromatic carbocycles. The molecule has 0 saturated carbocycles. The SMILES string of the molecule is NC1=NS(=O)(=O)Nc2cccc(OC[C@H]3CCCN(C(=O)c4cccc(-c5ccccc5)c4)C3)c21. The summed E-state index contributed by atoms with van der Waals surface area (Å²) in [6.07, 6.45) is 1.81. The Kier molecular flexibility index (Phi) is 6.17. The van der Waals surface area contributed by atoms with Crippen LogP contribution in [0.25, 0.3) is 11.1 Å². The van der Waals surface area contributed by atoms with E-state index < -0.39 is 10.2 Å². The van der Waals surface area contributed by atoms with Crippen LogP contribution in [0.15, 0.2) is 77.2 Å². The quantitative estimate of drug-likeness (QED) is 0.567. The first-order valence-corrected chi connectivity index (χ1v) is 12.9. The number of amides is 1. The molecular weight excluding hydrogens is 464 g/mol. The molecule has 2 aliphatic rings. The molecule has 9 heteroatoms. The number of benzene rings is 3. The fraction of sp³-hybridized carbons (Fsp3) is 0.231. The molecule has 1 saturated heterocycles. The van der Waals surface area contributed by atoms with E-state index >= 15 is 0 Å². The van der Waals surface area contributed by atoms with Crippen molar-refractivity contribution in [2.75, 3.05) is 24.4 Å². The second-order valence-corrected chi connectivity index (χ2v) is 10.1. The van der Waals surface area contributed by atoms with Crippen LogP contribution in [0.2, 0.25) is 0 Å². The number of hydrogen-bond donors (Lipinski definition) is 2. The van der Waals surface area contributed by atoms with Gasteiger partial charge in [-0.25, -0.2) is 0 Å². The number of nitrogens with zero attached hydrogens (tertiary/aromatic N) is 2. The van der Waals surface area contributed by atoms with E-state index in [-0.39, 0.29) is 17.7 Å². The van der Waals surface area contributed by atoms with E-state index in [0.717, 1.165) is 24.0 Å². The van der Waals surface area contributed by atoms with Gasteiger partial charge in [0.25, 0.3) is 5.91 Å². The smallest absolute Gasteiger partial charge is 0.344 e. The Bertz CT molecular complexity index is 1390. The normalized spacial score (nSPS) is 18.7. The van der Waals surface area contributed by atoms with E-state index in [1.165, 1.54) is 0 Å². The van der Waals surface area contributed by atoms with Crippen LogP contribution >= 0.6 is 0 Å². The highest BCUT2D eigenvalue weighted by atomic mass is 32.2. The monoisotopic (exact) mass is 490 g/mol. The largest absolute Gasteiger partial charge is 0.492 e. The number of anilines is 1. The van der Waals surface area contributed by atoms with Gasteiger partial charge in [-0.1, -0.05) is 48.5 Å². The summed E-state index contributed by atoms with van der Waals surface area (Å²) < 4.78 is 35.6. The number of piperidine rings is 1. The van der Waals surface area contributed by atoms with Crippen molar-refractivity contribution in [3.8, 4) is 16.9 Å². The van der Waals surface area contributed by atoms with Gasteiger partial charge in [-0.3, -0.25) is 9.52 Å². The molecular formula is C26H26N4O4S. The molecule has 1 amide bonds. The third kappa shape index (κ3) is 5.00. The van der Waals surface area contributed by atoms with Gasteiger partial charge < -0.3 is 15.4 Å². The Morgan fingerprint density at radius 3 is 2.66 bits per heavy atom.